The van der Waals surface area contributed by atoms with Crippen LogP contribution in [0.5, 0.6) is 0 Å². The van der Waals surface area contributed by atoms with Crippen LogP contribution in [-0.4, -0.2) is 37.6 Å². The molecule has 0 spiro atoms. The lowest BCUT2D eigenvalue weighted by Crippen LogP contribution is -2.42. The minimum Gasteiger partial charge on any atom is -0.273 e. The number of aryl methyl sites for hydroxylation is 1. The highest BCUT2D eigenvalue weighted by molar-refractivity contribution is 7.89. The number of carbonyl (C=O) groups is 2. The molecule has 1 saturated heterocycles. The van der Waals surface area contributed by atoms with Gasteiger partial charge in [-0.3, -0.25) is 20.4 Å². The molecule has 0 aromatic heterocycles. The number of amides is 2. The van der Waals surface area contributed by atoms with E-state index < -0.39 is 15.9 Å². The van der Waals surface area contributed by atoms with E-state index in [2.05, 4.69) is 10.9 Å². The third kappa shape index (κ3) is 4.76. The zero-order chi connectivity index (χ0) is 20.1. The van der Waals surface area contributed by atoms with Crippen molar-refractivity contribution < 1.29 is 18.0 Å². The number of sulfonamides is 1. The van der Waals surface area contributed by atoms with E-state index in [0.29, 0.717) is 13.1 Å². The molecular formula is C20H23N3O4S. The first-order chi connectivity index (χ1) is 13.4. The summed E-state index contributed by atoms with van der Waals surface area (Å²) in [6, 6.07) is 13.3. The van der Waals surface area contributed by atoms with E-state index in [4.69, 9.17) is 0 Å². The predicted molar refractivity (Wildman–Crippen MR) is 105 cm³/mol. The summed E-state index contributed by atoms with van der Waals surface area (Å²) in [7, 11) is -3.60. The Balaban J connectivity index is 1.61. The fourth-order valence-corrected chi connectivity index (χ4v) is 4.57. The van der Waals surface area contributed by atoms with Gasteiger partial charge in [-0.2, -0.15) is 4.31 Å². The number of benzene rings is 2. The van der Waals surface area contributed by atoms with E-state index in [-0.39, 0.29) is 22.8 Å². The van der Waals surface area contributed by atoms with Crippen LogP contribution in [0.4, 0.5) is 0 Å². The lowest BCUT2D eigenvalue weighted by Gasteiger charge is -2.16. The fourth-order valence-electron chi connectivity index (χ4n) is 3.01. The van der Waals surface area contributed by atoms with Crippen molar-refractivity contribution in [3.8, 4) is 0 Å². The molecule has 1 aliphatic heterocycles. The van der Waals surface area contributed by atoms with E-state index in [0.717, 1.165) is 24.0 Å². The molecule has 0 bridgehead atoms. The summed E-state index contributed by atoms with van der Waals surface area (Å²) in [5.41, 5.74) is 6.78. The van der Waals surface area contributed by atoms with Crippen LogP contribution in [0.15, 0.2) is 53.4 Å². The summed E-state index contributed by atoms with van der Waals surface area (Å²) in [5, 5.41) is 0. The molecule has 1 heterocycles. The molecule has 2 N–H and O–H groups in total. The Hall–Kier alpha value is -2.71. The van der Waals surface area contributed by atoms with E-state index in [1.165, 1.54) is 28.6 Å². The summed E-state index contributed by atoms with van der Waals surface area (Å²) in [4.78, 5) is 24.4. The molecule has 7 nitrogen and oxygen atoms in total. The zero-order valence-electron chi connectivity index (χ0n) is 15.6. The van der Waals surface area contributed by atoms with Crippen molar-refractivity contribution in [3.05, 3.63) is 65.2 Å². The second-order valence-corrected chi connectivity index (χ2v) is 8.74. The first kappa shape index (κ1) is 20.0. The molecule has 0 aliphatic carbocycles. The average molecular weight is 401 g/mol. The summed E-state index contributed by atoms with van der Waals surface area (Å²) < 4.78 is 26.7. The molecule has 1 aliphatic rings. The fraction of sp³-hybridized carbons (Fsp3) is 0.300. The van der Waals surface area contributed by atoms with Gasteiger partial charge in [0.1, 0.15) is 0 Å². The summed E-state index contributed by atoms with van der Waals surface area (Å²) >= 11 is 0. The van der Waals surface area contributed by atoms with Crippen molar-refractivity contribution in [1.82, 2.24) is 15.2 Å². The van der Waals surface area contributed by atoms with Crippen molar-refractivity contribution in [1.29, 1.82) is 0 Å². The van der Waals surface area contributed by atoms with Gasteiger partial charge in [-0.05, 0) is 43.5 Å². The minimum atomic E-state index is -3.60. The lowest BCUT2D eigenvalue weighted by molar-refractivity contribution is -0.121. The highest BCUT2D eigenvalue weighted by atomic mass is 32.2. The van der Waals surface area contributed by atoms with Crippen molar-refractivity contribution in [2.24, 2.45) is 0 Å². The first-order valence-corrected chi connectivity index (χ1v) is 10.6. The predicted octanol–water partition coefficient (Wildman–Crippen LogP) is 1.78. The van der Waals surface area contributed by atoms with Crippen LogP contribution in [0, 0.1) is 6.92 Å². The molecule has 2 amide bonds. The Morgan fingerprint density at radius 2 is 1.68 bits per heavy atom. The number of nitrogens with zero attached hydrogens (tertiary/aromatic N) is 1. The topological polar surface area (TPSA) is 95.6 Å². The second kappa shape index (κ2) is 8.53. The van der Waals surface area contributed by atoms with Crippen LogP contribution in [0.1, 0.15) is 34.3 Å². The normalized spacial score (nSPS) is 14.6. The number of hydrogen-bond acceptors (Lipinski definition) is 4. The monoisotopic (exact) mass is 401 g/mol. The maximum Gasteiger partial charge on any atom is 0.269 e. The maximum absolute atomic E-state index is 12.6. The number of hydrazine groups is 1. The van der Waals surface area contributed by atoms with Gasteiger partial charge in [-0.25, -0.2) is 8.42 Å². The lowest BCUT2D eigenvalue weighted by atomic mass is 10.1. The van der Waals surface area contributed by atoms with E-state index >= 15 is 0 Å². The van der Waals surface area contributed by atoms with Gasteiger partial charge in [0.2, 0.25) is 15.9 Å². The SMILES string of the molecule is Cc1ccc(CC(=O)NNC(=O)c2cccc(S(=O)(=O)N3CCCC3)c2)cc1. The Kier molecular flexibility index (Phi) is 6.11. The molecule has 0 atom stereocenters. The minimum absolute atomic E-state index is 0.0769. The molecule has 148 valence electrons. The average Bonchev–Trinajstić information content (AvgIpc) is 3.24. The third-order valence-corrected chi connectivity index (χ3v) is 6.49. The molecule has 2 aromatic carbocycles. The highest BCUT2D eigenvalue weighted by Gasteiger charge is 2.27. The Morgan fingerprint density at radius 1 is 1.00 bits per heavy atom. The molecule has 0 saturated carbocycles. The van der Waals surface area contributed by atoms with Crippen LogP contribution in [0.25, 0.3) is 0 Å². The smallest absolute Gasteiger partial charge is 0.269 e. The number of carbonyl (C=O) groups excluding carboxylic acids is 2. The summed E-state index contributed by atoms with van der Waals surface area (Å²) in [5.74, 6) is -0.936. The number of rotatable bonds is 5. The van der Waals surface area contributed by atoms with E-state index in [9.17, 15) is 18.0 Å². The Bertz CT molecular complexity index is 965. The molecule has 2 aromatic rings. The largest absolute Gasteiger partial charge is 0.273 e. The van der Waals surface area contributed by atoms with Gasteiger partial charge >= 0.3 is 0 Å². The van der Waals surface area contributed by atoms with Crippen LogP contribution in [-0.2, 0) is 21.2 Å². The van der Waals surface area contributed by atoms with Gasteiger partial charge in [0.15, 0.2) is 0 Å². The van der Waals surface area contributed by atoms with Gasteiger partial charge in [-0.15, -0.1) is 0 Å². The van der Waals surface area contributed by atoms with Crippen LogP contribution < -0.4 is 10.9 Å². The van der Waals surface area contributed by atoms with Gasteiger partial charge in [0.05, 0.1) is 11.3 Å². The van der Waals surface area contributed by atoms with Gasteiger partial charge in [-0.1, -0.05) is 35.9 Å². The van der Waals surface area contributed by atoms with Crippen molar-refractivity contribution in [3.63, 3.8) is 0 Å². The van der Waals surface area contributed by atoms with Gasteiger partial charge < -0.3 is 0 Å². The highest BCUT2D eigenvalue weighted by Crippen LogP contribution is 2.21. The van der Waals surface area contributed by atoms with Crippen molar-refractivity contribution in [2.75, 3.05) is 13.1 Å². The Labute approximate surface area is 164 Å². The zero-order valence-corrected chi connectivity index (χ0v) is 16.5. The maximum atomic E-state index is 12.6. The van der Waals surface area contributed by atoms with Crippen molar-refractivity contribution in [2.45, 2.75) is 31.1 Å². The first-order valence-electron chi connectivity index (χ1n) is 9.11. The molecule has 8 heteroatoms. The molecule has 3 rings (SSSR count). The van der Waals surface area contributed by atoms with Crippen LogP contribution >= 0.6 is 0 Å². The van der Waals surface area contributed by atoms with E-state index in [1.807, 2.05) is 31.2 Å². The molecular weight excluding hydrogens is 378 g/mol. The molecule has 0 radical (unpaired) electrons. The molecule has 1 fully saturated rings. The summed E-state index contributed by atoms with van der Waals surface area (Å²) in [6.07, 6.45) is 1.81. The van der Waals surface area contributed by atoms with Gasteiger partial charge in [0.25, 0.3) is 5.91 Å². The second-order valence-electron chi connectivity index (χ2n) is 6.80. The van der Waals surface area contributed by atoms with E-state index in [1.54, 1.807) is 0 Å². The summed E-state index contributed by atoms with van der Waals surface area (Å²) in [6.45, 7) is 2.95. The molecule has 28 heavy (non-hydrogen) atoms. The standard InChI is InChI=1S/C20H23N3O4S/c1-15-7-9-16(10-8-15)13-19(24)21-22-20(25)17-5-4-6-18(14-17)28(26,27)23-11-2-3-12-23/h4-10,14H,2-3,11-13H2,1H3,(H,21,24)(H,22,25). The number of hydrogen-bond donors (Lipinski definition) is 2. The van der Waals surface area contributed by atoms with Gasteiger partial charge in [0, 0.05) is 18.7 Å². The third-order valence-electron chi connectivity index (χ3n) is 4.60. The quantitative estimate of drug-likeness (QED) is 0.747. The molecule has 0 unspecified atom stereocenters. The van der Waals surface area contributed by atoms with Crippen molar-refractivity contribution >= 4 is 21.8 Å². The van der Waals surface area contributed by atoms with Crippen LogP contribution in [0.2, 0.25) is 0 Å². The Morgan fingerprint density at radius 3 is 2.36 bits per heavy atom. The van der Waals surface area contributed by atoms with Crippen LogP contribution in [0.3, 0.4) is 0 Å². The number of nitrogens with one attached hydrogen (secondary N) is 2.